The van der Waals surface area contributed by atoms with E-state index in [4.69, 9.17) is 9.47 Å². The molecule has 2 amide bonds. The van der Waals surface area contributed by atoms with Gasteiger partial charge in [0.15, 0.2) is 6.61 Å². The minimum absolute atomic E-state index is 0.141. The Morgan fingerprint density at radius 1 is 1.14 bits per heavy atom. The van der Waals surface area contributed by atoms with Crippen molar-refractivity contribution in [3.05, 3.63) is 59.2 Å². The van der Waals surface area contributed by atoms with Crippen LogP contribution in [0.4, 0.5) is 0 Å². The molecule has 2 rings (SSSR count). The molecule has 0 heterocycles. The normalized spacial score (nSPS) is 11.5. The number of benzene rings is 2. The minimum atomic E-state index is -0.629. The number of hydrogen-bond donors (Lipinski definition) is 1. The Balaban J connectivity index is 2.19. The highest BCUT2D eigenvalue weighted by molar-refractivity contribution is 5.87. The van der Waals surface area contributed by atoms with Gasteiger partial charge in [0.2, 0.25) is 5.91 Å². The fourth-order valence-corrected chi connectivity index (χ4v) is 2.98. The van der Waals surface area contributed by atoms with Crippen molar-refractivity contribution < 1.29 is 19.1 Å². The standard InChI is InChI=1S/C23H30N2O4/c1-6-24-23(27)18(4)25(14-19-10-8-11-20(13-19)28-5)22(26)15-29-21-12-7-9-16(2)17(21)3/h7-13,18H,6,14-15H2,1-5H3,(H,24,27)/t18-/m1/s1. The molecule has 0 saturated carbocycles. The molecule has 0 aliphatic rings. The number of aryl methyl sites for hydroxylation is 1. The molecule has 0 fully saturated rings. The summed E-state index contributed by atoms with van der Waals surface area (Å²) in [4.78, 5) is 26.9. The minimum Gasteiger partial charge on any atom is -0.497 e. The van der Waals surface area contributed by atoms with Crippen LogP contribution in [-0.4, -0.2) is 43.0 Å². The van der Waals surface area contributed by atoms with Crippen molar-refractivity contribution in [2.24, 2.45) is 0 Å². The van der Waals surface area contributed by atoms with Crippen molar-refractivity contribution in [2.45, 2.75) is 40.3 Å². The molecular weight excluding hydrogens is 368 g/mol. The number of carbonyl (C=O) groups excluding carboxylic acids is 2. The lowest BCUT2D eigenvalue weighted by Crippen LogP contribution is -2.49. The van der Waals surface area contributed by atoms with E-state index in [0.29, 0.717) is 18.0 Å². The first-order chi connectivity index (χ1) is 13.9. The Morgan fingerprint density at radius 3 is 2.55 bits per heavy atom. The average Bonchev–Trinajstić information content (AvgIpc) is 2.72. The van der Waals surface area contributed by atoms with Crippen LogP contribution in [0.1, 0.15) is 30.5 Å². The van der Waals surface area contributed by atoms with Gasteiger partial charge in [-0.25, -0.2) is 0 Å². The van der Waals surface area contributed by atoms with Crippen molar-refractivity contribution in [1.82, 2.24) is 10.2 Å². The molecule has 1 N–H and O–H groups in total. The van der Waals surface area contributed by atoms with E-state index in [2.05, 4.69) is 5.32 Å². The third kappa shape index (κ3) is 5.98. The quantitative estimate of drug-likeness (QED) is 0.704. The Labute approximate surface area is 172 Å². The molecule has 0 bridgehead atoms. The highest BCUT2D eigenvalue weighted by Gasteiger charge is 2.26. The summed E-state index contributed by atoms with van der Waals surface area (Å²) >= 11 is 0. The molecule has 0 aromatic heterocycles. The molecule has 2 aromatic rings. The van der Waals surface area contributed by atoms with Crippen LogP contribution in [0.25, 0.3) is 0 Å². The molecule has 1 atom stereocenters. The number of methoxy groups -OCH3 is 1. The first-order valence-corrected chi connectivity index (χ1v) is 9.76. The third-order valence-corrected chi connectivity index (χ3v) is 4.91. The summed E-state index contributed by atoms with van der Waals surface area (Å²) in [5, 5.41) is 2.78. The zero-order valence-corrected chi connectivity index (χ0v) is 17.8. The largest absolute Gasteiger partial charge is 0.497 e. The van der Waals surface area contributed by atoms with Crippen LogP contribution in [0.3, 0.4) is 0 Å². The van der Waals surface area contributed by atoms with Crippen LogP contribution < -0.4 is 14.8 Å². The Hall–Kier alpha value is -3.02. The monoisotopic (exact) mass is 398 g/mol. The van der Waals surface area contributed by atoms with E-state index in [9.17, 15) is 9.59 Å². The lowest BCUT2D eigenvalue weighted by Gasteiger charge is -2.29. The maximum atomic E-state index is 13.0. The molecule has 156 valence electrons. The number of ether oxygens (including phenoxy) is 2. The molecule has 0 spiro atoms. The maximum absolute atomic E-state index is 13.0. The van der Waals surface area contributed by atoms with Gasteiger partial charge < -0.3 is 19.7 Å². The van der Waals surface area contributed by atoms with Crippen molar-refractivity contribution in [1.29, 1.82) is 0 Å². The van der Waals surface area contributed by atoms with Crippen molar-refractivity contribution >= 4 is 11.8 Å². The number of amides is 2. The molecule has 0 aliphatic carbocycles. The average molecular weight is 399 g/mol. The summed E-state index contributed by atoms with van der Waals surface area (Å²) in [6, 6.07) is 12.6. The van der Waals surface area contributed by atoms with Crippen LogP contribution in [0, 0.1) is 13.8 Å². The smallest absolute Gasteiger partial charge is 0.261 e. The number of nitrogens with one attached hydrogen (secondary N) is 1. The first kappa shape index (κ1) is 22.3. The molecule has 0 unspecified atom stereocenters. The summed E-state index contributed by atoms with van der Waals surface area (Å²) in [6.45, 7) is 8.17. The number of rotatable bonds is 9. The molecule has 6 nitrogen and oxygen atoms in total. The molecule has 0 radical (unpaired) electrons. The van der Waals surface area contributed by atoms with Gasteiger partial charge in [-0.15, -0.1) is 0 Å². The lowest BCUT2D eigenvalue weighted by atomic mass is 10.1. The lowest BCUT2D eigenvalue weighted by molar-refractivity contribution is -0.142. The van der Waals surface area contributed by atoms with Crippen LogP contribution in [0.2, 0.25) is 0 Å². The predicted octanol–water partition coefficient (Wildman–Crippen LogP) is 3.24. The summed E-state index contributed by atoms with van der Waals surface area (Å²) in [5.41, 5.74) is 2.97. The van der Waals surface area contributed by atoms with E-state index in [-0.39, 0.29) is 25.0 Å². The van der Waals surface area contributed by atoms with Gasteiger partial charge in [-0.3, -0.25) is 9.59 Å². The number of hydrogen-bond acceptors (Lipinski definition) is 4. The number of likely N-dealkylation sites (N-methyl/N-ethyl adjacent to an activating group) is 1. The zero-order valence-electron chi connectivity index (χ0n) is 17.8. The van der Waals surface area contributed by atoms with Crippen LogP contribution in [0.15, 0.2) is 42.5 Å². The first-order valence-electron chi connectivity index (χ1n) is 9.76. The van der Waals surface area contributed by atoms with E-state index in [1.54, 1.807) is 14.0 Å². The number of carbonyl (C=O) groups is 2. The highest BCUT2D eigenvalue weighted by Crippen LogP contribution is 2.21. The van der Waals surface area contributed by atoms with E-state index < -0.39 is 6.04 Å². The highest BCUT2D eigenvalue weighted by atomic mass is 16.5. The molecular formula is C23H30N2O4. The Morgan fingerprint density at radius 2 is 1.86 bits per heavy atom. The fraction of sp³-hybridized carbons (Fsp3) is 0.391. The summed E-state index contributed by atoms with van der Waals surface area (Å²) in [6.07, 6.45) is 0. The van der Waals surface area contributed by atoms with Gasteiger partial charge in [0, 0.05) is 13.1 Å². The molecule has 2 aromatic carbocycles. The molecule has 0 saturated heterocycles. The second-order valence-corrected chi connectivity index (χ2v) is 6.93. The van der Waals surface area contributed by atoms with Crippen LogP contribution in [0.5, 0.6) is 11.5 Å². The zero-order chi connectivity index (χ0) is 21.4. The van der Waals surface area contributed by atoms with Crippen LogP contribution in [-0.2, 0) is 16.1 Å². The molecule has 6 heteroatoms. The summed E-state index contributed by atoms with van der Waals surface area (Å²) in [5.74, 6) is 0.917. The topological polar surface area (TPSA) is 67.9 Å². The van der Waals surface area contributed by atoms with Gasteiger partial charge in [-0.05, 0) is 62.6 Å². The van der Waals surface area contributed by atoms with Crippen molar-refractivity contribution in [3.8, 4) is 11.5 Å². The van der Waals surface area contributed by atoms with Crippen molar-refractivity contribution in [3.63, 3.8) is 0 Å². The van der Waals surface area contributed by atoms with Gasteiger partial charge in [0.05, 0.1) is 7.11 Å². The van der Waals surface area contributed by atoms with E-state index in [1.165, 1.54) is 4.90 Å². The third-order valence-electron chi connectivity index (χ3n) is 4.91. The van der Waals surface area contributed by atoms with E-state index >= 15 is 0 Å². The van der Waals surface area contributed by atoms with E-state index in [0.717, 1.165) is 16.7 Å². The second-order valence-electron chi connectivity index (χ2n) is 6.93. The van der Waals surface area contributed by atoms with Crippen molar-refractivity contribution in [2.75, 3.05) is 20.3 Å². The fourth-order valence-electron chi connectivity index (χ4n) is 2.98. The summed E-state index contributed by atoms with van der Waals surface area (Å²) in [7, 11) is 1.59. The van der Waals surface area contributed by atoms with Gasteiger partial charge >= 0.3 is 0 Å². The second kappa shape index (κ2) is 10.5. The number of nitrogens with zero attached hydrogens (tertiary/aromatic N) is 1. The van der Waals surface area contributed by atoms with Gasteiger partial charge in [-0.2, -0.15) is 0 Å². The molecule has 0 aliphatic heterocycles. The van der Waals surface area contributed by atoms with Gasteiger partial charge in [0.25, 0.3) is 5.91 Å². The van der Waals surface area contributed by atoms with E-state index in [1.807, 2.05) is 63.2 Å². The van der Waals surface area contributed by atoms with Gasteiger partial charge in [-0.1, -0.05) is 24.3 Å². The Bertz CT molecular complexity index is 851. The van der Waals surface area contributed by atoms with Gasteiger partial charge in [0.1, 0.15) is 17.5 Å². The Kier molecular flexibility index (Phi) is 8.07. The van der Waals surface area contributed by atoms with Crippen LogP contribution >= 0.6 is 0 Å². The molecule has 29 heavy (non-hydrogen) atoms. The summed E-state index contributed by atoms with van der Waals surface area (Å²) < 4.78 is 11.1. The maximum Gasteiger partial charge on any atom is 0.261 e. The SMILES string of the molecule is CCNC(=O)[C@@H](C)N(Cc1cccc(OC)c1)C(=O)COc1cccc(C)c1C. The predicted molar refractivity (Wildman–Crippen MR) is 113 cm³/mol.